The quantitative estimate of drug-likeness (QED) is 0.786. The smallest absolute Gasteiger partial charge is 0.240 e. The van der Waals surface area contributed by atoms with Gasteiger partial charge in [-0.15, -0.1) is 0 Å². The number of carbonyl (C=O) groups excluding carboxylic acids is 1. The van der Waals surface area contributed by atoms with E-state index in [1.54, 1.807) is 12.4 Å². The molecule has 3 aromatic rings. The number of fused-ring (bicyclic) bond motifs is 1. The molecule has 0 unspecified atom stereocenters. The maximum atomic E-state index is 11.9. The number of hydrogen-bond donors (Lipinski definition) is 1. The molecule has 1 atom stereocenters. The topological polar surface area (TPSA) is 73.8 Å². The Bertz CT molecular complexity index is 838. The summed E-state index contributed by atoms with van der Waals surface area (Å²) < 4.78 is 1.87. The lowest BCUT2D eigenvalue weighted by atomic mass is 10.0. The van der Waals surface area contributed by atoms with Crippen LogP contribution < -0.4 is 5.73 Å². The van der Waals surface area contributed by atoms with E-state index in [1.807, 2.05) is 41.1 Å². The zero-order valence-electron chi connectivity index (χ0n) is 13.3. The Morgan fingerprint density at radius 3 is 2.78 bits per heavy atom. The molecule has 0 radical (unpaired) electrons. The number of hydrogen-bond acceptors (Lipinski definition) is 3. The van der Waals surface area contributed by atoms with Crippen molar-refractivity contribution in [3.8, 4) is 11.4 Å². The van der Waals surface area contributed by atoms with E-state index < -0.39 is 6.04 Å². The first-order valence-corrected chi connectivity index (χ1v) is 7.73. The van der Waals surface area contributed by atoms with Gasteiger partial charge in [-0.2, -0.15) is 0 Å². The SMILES string of the molecule is CC(C)C[C@@H](C(N)=O)n1ccnc1-c1ccc2ncccc2c1. The predicted molar refractivity (Wildman–Crippen MR) is 90.7 cm³/mol. The highest BCUT2D eigenvalue weighted by molar-refractivity contribution is 5.84. The normalized spacial score (nSPS) is 12.7. The van der Waals surface area contributed by atoms with Crippen LogP contribution >= 0.6 is 0 Å². The molecule has 5 nitrogen and oxygen atoms in total. The van der Waals surface area contributed by atoms with Crippen LogP contribution in [0.2, 0.25) is 0 Å². The number of rotatable bonds is 5. The van der Waals surface area contributed by atoms with Gasteiger partial charge in [-0.3, -0.25) is 9.78 Å². The van der Waals surface area contributed by atoms with Crippen LogP contribution in [0, 0.1) is 5.92 Å². The summed E-state index contributed by atoms with van der Waals surface area (Å²) in [6, 6.07) is 9.50. The first kappa shape index (κ1) is 15.2. The molecule has 1 amide bonds. The number of nitrogens with two attached hydrogens (primary N) is 1. The molecule has 2 N–H and O–H groups in total. The number of carbonyl (C=O) groups is 1. The van der Waals surface area contributed by atoms with Gasteiger partial charge < -0.3 is 10.3 Å². The van der Waals surface area contributed by atoms with E-state index in [2.05, 4.69) is 23.8 Å². The molecule has 0 fully saturated rings. The number of benzene rings is 1. The molecule has 0 spiro atoms. The number of imidazole rings is 1. The molecular formula is C18H20N4O. The molecule has 23 heavy (non-hydrogen) atoms. The number of pyridine rings is 1. The molecule has 0 bridgehead atoms. The van der Waals surface area contributed by atoms with Crippen molar-refractivity contribution >= 4 is 16.8 Å². The van der Waals surface area contributed by atoms with E-state index in [4.69, 9.17) is 5.73 Å². The Kier molecular flexibility index (Phi) is 4.10. The van der Waals surface area contributed by atoms with Gasteiger partial charge in [0.25, 0.3) is 0 Å². The van der Waals surface area contributed by atoms with Crippen LogP contribution in [0.3, 0.4) is 0 Å². The molecule has 0 saturated carbocycles. The van der Waals surface area contributed by atoms with Crippen LogP contribution in [0.25, 0.3) is 22.3 Å². The van der Waals surface area contributed by atoms with Crippen molar-refractivity contribution in [2.75, 3.05) is 0 Å². The second kappa shape index (κ2) is 6.20. The lowest BCUT2D eigenvalue weighted by Crippen LogP contribution is -2.28. The zero-order chi connectivity index (χ0) is 16.4. The Balaban J connectivity index is 2.06. The summed E-state index contributed by atoms with van der Waals surface area (Å²) in [5.74, 6) is 0.782. The van der Waals surface area contributed by atoms with Crippen molar-refractivity contribution in [2.24, 2.45) is 11.7 Å². The third-order valence-corrected chi connectivity index (χ3v) is 3.89. The van der Waals surface area contributed by atoms with Crippen molar-refractivity contribution in [1.29, 1.82) is 0 Å². The fraction of sp³-hybridized carbons (Fsp3) is 0.278. The first-order valence-electron chi connectivity index (χ1n) is 7.73. The van der Waals surface area contributed by atoms with Crippen molar-refractivity contribution in [3.05, 3.63) is 48.9 Å². The fourth-order valence-corrected chi connectivity index (χ4v) is 2.82. The fourth-order valence-electron chi connectivity index (χ4n) is 2.82. The number of primary amides is 1. The number of amides is 1. The molecule has 3 rings (SSSR count). The second-order valence-corrected chi connectivity index (χ2v) is 6.12. The molecule has 118 valence electrons. The van der Waals surface area contributed by atoms with E-state index in [1.165, 1.54) is 0 Å². The van der Waals surface area contributed by atoms with Crippen LogP contribution in [0.1, 0.15) is 26.3 Å². The van der Waals surface area contributed by atoms with Gasteiger partial charge in [0.2, 0.25) is 5.91 Å². The predicted octanol–water partition coefficient (Wildman–Crippen LogP) is 3.17. The average Bonchev–Trinajstić information content (AvgIpc) is 3.01. The van der Waals surface area contributed by atoms with Crippen LogP contribution in [0.5, 0.6) is 0 Å². The highest BCUT2D eigenvalue weighted by Crippen LogP contribution is 2.27. The van der Waals surface area contributed by atoms with Crippen LogP contribution in [0.15, 0.2) is 48.9 Å². The summed E-state index contributed by atoms with van der Waals surface area (Å²) in [5, 5.41) is 1.04. The van der Waals surface area contributed by atoms with E-state index in [9.17, 15) is 4.79 Å². The molecule has 0 aliphatic rings. The van der Waals surface area contributed by atoms with Crippen molar-refractivity contribution in [3.63, 3.8) is 0 Å². The Morgan fingerprint density at radius 1 is 1.22 bits per heavy atom. The van der Waals surface area contributed by atoms with Gasteiger partial charge >= 0.3 is 0 Å². The van der Waals surface area contributed by atoms with Gasteiger partial charge in [0, 0.05) is 29.5 Å². The molecule has 5 heteroatoms. The summed E-state index contributed by atoms with van der Waals surface area (Å²) in [6.45, 7) is 4.16. The average molecular weight is 308 g/mol. The van der Waals surface area contributed by atoms with Gasteiger partial charge in [-0.25, -0.2) is 4.98 Å². The summed E-state index contributed by atoms with van der Waals surface area (Å²) in [7, 11) is 0. The maximum absolute atomic E-state index is 11.9. The molecule has 1 aromatic carbocycles. The van der Waals surface area contributed by atoms with Crippen LogP contribution in [-0.2, 0) is 4.79 Å². The standard InChI is InChI=1S/C18H20N4O/c1-12(2)10-16(17(19)23)22-9-8-21-18(22)14-5-6-15-13(11-14)4-3-7-20-15/h3-9,11-12,16H,10H2,1-2H3,(H2,19,23)/t16-/m0/s1. The Labute approximate surface area is 135 Å². The molecule has 2 aromatic heterocycles. The van der Waals surface area contributed by atoms with Crippen molar-refractivity contribution < 1.29 is 4.79 Å². The lowest BCUT2D eigenvalue weighted by Gasteiger charge is -2.19. The van der Waals surface area contributed by atoms with Crippen LogP contribution in [0.4, 0.5) is 0 Å². The van der Waals surface area contributed by atoms with Gasteiger partial charge in [0.15, 0.2) is 0 Å². The summed E-state index contributed by atoms with van der Waals surface area (Å²) >= 11 is 0. The molecule has 2 heterocycles. The van der Waals surface area contributed by atoms with E-state index in [0.717, 1.165) is 22.3 Å². The molecule has 0 aliphatic heterocycles. The van der Waals surface area contributed by atoms with Gasteiger partial charge in [-0.1, -0.05) is 19.9 Å². The third-order valence-electron chi connectivity index (χ3n) is 3.89. The van der Waals surface area contributed by atoms with E-state index in [-0.39, 0.29) is 5.91 Å². The first-order chi connectivity index (χ1) is 11.1. The molecule has 0 aliphatic carbocycles. The Hall–Kier alpha value is -2.69. The molecule has 0 saturated heterocycles. The highest BCUT2D eigenvalue weighted by Gasteiger charge is 2.22. The third kappa shape index (κ3) is 3.08. The van der Waals surface area contributed by atoms with Crippen molar-refractivity contribution in [2.45, 2.75) is 26.3 Å². The minimum atomic E-state index is -0.392. The number of aromatic nitrogens is 3. The lowest BCUT2D eigenvalue weighted by molar-refractivity contribution is -0.121. The number of nitrogens with zero attached hydrogens (tertiary/aromatic N) is 3. The second-order valence-electron chi connectivity index (χ2n) is 6.12. The van der Waals surface area contributed by atoms with Gasteiger partial charge in [0.05, 0.1) is 5.52 Å². The highest BCUT2D eigenvalue weighted by atomic mass is 16.1. The van der Waals surface area contributed by atoms with E-state index >= 15 is 0 Å². The van der Waals surface area contributed by atoms with E-state index in [0.29, 0.717) is 12.3 Å². The summed E-state index contributed by atoms with van der Waals surface area (Å²) in [4.78, 5) is 20.7. The summed E-state index contributed by atoms with van der Waals surface area (Å²) in [6.07, 6.45) is 5.99. The largest absolute Gasteiger partial charge is 0.368 e. The minimum Gasteiger partial charge on any atom is -0.368 e. The van der Waals surface area contributed by atoms with Gasteiger partial charge in [0.1, 0.15) is 11.9 Å². The minimum absolute atomic E-state index is 0.333. The monoisotopic (exact) mass is 308 g/mol. The maximum Gasteiger partial charge on any atom is 0.240 e. The summed E-state index contributed by atoms with van der Waals surface area (Å²) in [5.41, 5.74) is 7.50. The van der Waals surface area contributed by atoms with Crippen molar-refractivity contribution in [1.82, 2.24) is 14.5 Å². The zero-order valence-corrected chi connectivity index (χ0v) is 13.3. The van der Waals surface area contributed by atoms with Gasteiger partial charge in [-0.05, 0) is 36.6 Å². The molecular weight excluding hydrogens is 288 g/mol. The Morgan fingerprint density at radius 2 is 2.04 bits per heavy atom. The van der Waals surface area contributed by atoms with Crippen LogP contribution in [-0.4, -0.2) is 20.4 Å².